The van der Waals surface area contributed by atoms with E-state index in [2.05, 4.69) is 40.9 Å². The van der Waals surface area contributed by atoms with Crippen LogP contribution in [0.2, 0.25) is 0 Å². The summed E-state index contributed by atoms with van der Waals surface area (Å²) in [4.78, 5) is 27.2. The first-order valence-electron chi connectivity index (χ1n) is 10.3. The Labute approximate surface area is 172 Å². The molecule has 2 aromatic rings. The Morgan fingerprint density at radius 1 is 1.28 bits per heavy atom. The molecule has 0 saturated heterocycles. The van der Waals surface area contributed by atoms with Crippen molar-refractivity contribution in [2.75, 3.05) is 10.2 Å². The van der Waals surface area contributed by atoms with Crippen LogP contribution in [-0.4, -0.2) is 21.9 Å². The van der Waals surface area contributed by atoms with Gasteiger partial charge < -0.3 is 10.2 Å². The first-order valence-corrected chi connectivity index (χ1v) is 10.3. The molecule has 2 aliphatic rings. The molecule has 1 N–H and O–H groups in total. The maximum absolute atomic E-state index is 12.6. The van der Waals surface area contributed by atoms with Crippen molar-refractivity contribution < 1.29 is 4.79 Å². The molecule has 29 heavy (non-hydrogen) atoms. The second-order valence-corrected chi connectivity index (χ2v) is 8.55. The van der Waals surface area contributed by atoms with Crippen molar-refractivity contribution in [3.63, 3.8) is 0 Å². The van der Waals surface area contributed by atoms with Crippen molar-refractivity contribution in [2.24, 2.45) is 11.8 Å². The third-order valence-corrected chi connectivity index (χ3v) is 6.16. The zero-order valence-electron chi connectivity index (χ0n) is 17.4. The average molecular weight is 390 g/mol. The summed E-state index contributed by atoms with van der Waals surface area (Å²) in [6.07, 6.45) is 6.04. The quantitative estimate of drug-likeness (QED) is 0.740. The van der Waals surface area contributed by atoms with E-state index < -0.39 is 0 Å². The highest BCUT2D eigenvalue weighted by Gasteiger charge is 2.47. The molecule has 6 heteroatoms. The number of carbonyl (C=O) groups is 1. The lowest BCUT2D eigenvalue weighted by atomic mass is 9.80. The van der Waals surface area contributed by atoms with Crippen LogP contribution in [0.4, 0.5) is 17.3 Å². The molecule has 150 valence electrons. The molecule has 1 aromatic heterocycles. The fraction of sp³-hybridized carbons (Fsp3) is 0.478. The molecule has 0 unspecified atom stereocenters. The van der Waals surface area contributed by atoms with Crippen molar-refractivity contribution in [1.29, 1.82) is 0 Å². The topological polar surface area (TPSA) is 62.5 Å². The van der Waals surface area contributed by atoms with Gasteiger partial charge in [0.2, 0.25) is 11.9 Å². The van der Waals surface area contributed by atoms with Crippen LogP contribution in [0.15, 0.2) is 30.6 Å². The van der Waals surface area contributed by atoms with Gasteiger partial charge in [-0.3, -0.25) is 4.79 Å². The first-order chi connectivity index (χ1) is 13.9. The summed E-state index contributed by atoms with van der Waals surface area (Å²) < 4.78 is 0. The number of nitrogens with one attached hydrogen (secondary N) is 1. The highest BCUT2D eigenvalue weighted by atomic mass is 16.2. The summed E-state index contributed by atoms with van der Waals surface area (Å²) >= 11 is 0. The molecule has 0 radical (unpaired) electrons. The summed E-state index contributed by atoms with van der Waals surface area (Å²) in [7, 11) is 0. The summed E-state index contributed by atoms with van der Waals surface area (Å²) in [6, 6.07) is 5.71. The first kappa shape index (κ1) is 19.4. The summed E-state index contributed by atoms with van der Waals surface area (Å²) in [6.45, 7) is 15.5. The highest BCUT2D eigenvalue weighted by Crippen LogP contribution is 2.50. The number of hydrogen-bond donors (Lipinski definition) is 1. The molecule has 3 atom stereocenters. The largest absolute Gasteiger partial charge is 0.347 e. The summed E-state index contributed by atoms with van der Waals surface area (Å²) in [5.41, 5.74) is 3.54. The number of carbonyl (C=O) groups excluding carboxylic acids is 1. The van der Waals surface area contributed by atoms with Gasteiger partial charge in [0.1, 0.15) is 0 Å². The fourth-order valence-corrected chi connectivity index (χ4v) is 4.47. The van der Waals surface area contributed by atoms with Crippen LogP contribution in [-0.2, 0) is 4.79 Å². The van der Waals surface area contributed by atoms with Crippen molar-refractivity contribution in [3.8, 4) is 0 Å². The Bertz CT molecular complexity index is 958. The van der Waals surface area contributed by atoms with E-state index in [1.807, 2.05) is 29.4 Å². The van der Waals surface area contributed by atoms with Gasteiger partial charge in [0.15, 0.2) is 5.69 Å². The molecular formula is C23H27N5O. The van der Waals surface area contributed by atoms with Gasteiger partial charge >= 0.3 is 0 Å². The fourth-order valence-electron chi connectivity index (χ4n) is 4.47. The van der Waals surface area contributed by atoms with Gasteiger partial charge in [-0.05, 0) is 47.9 Å². The molecule has 1 amide bonds. The molecule has 1 fully saturated rings. The zero-order valence-corrected chi connectivity index (χ0v) is 17.4. The molecule has 1 aliphatic heterocycles. The average Bonchev–Trinajstić information content (AvgIpc) is 3.54. The maximum atomic E-state index is 12.6. The van der Waals surface area contributed by atoms with Gasteiger partial charge in [0, 0.05) is 37.0 Å². The minimum absolute atomic E-state index is 0.0570. The summed E-state index contributed by atoms with van der Waals surface area (Å²) in [5.74, 6) is 1.71. The van der Waals surface area contributed by atoms with E-state index >= 15 is 0 Å². The molecule has 6 nitrogen and oxygen atoms in total. The molecule has 1 saturated carbocycles. The smallest absolute Gasteiger partial charge is 0.224 e. The van der Waals surface area contributed by atoms with Crippen molar-refractivity contribution in [3.05, 3.63) is 53.1 Å². The highest BCUT2D eigenvalue weighted by molar-refractivity contribution is 5.94. The Morgan fingerprint density at radius 3 is 2.52 bits per heavy atom. The van der Waals surface area contributed by atoms with Gasteiger partial charge in [-0.25, -0.2) is 14.8 Å². The third kappa shape index (κ3) is 3.57. The standard InChI is InChI=1S/C23H27N5O/c1-13(2)17-11-25-23(26-12-17)27-21-14(3)22(16-6-7-16)28(15(4)29)20-9-8-18(24-5)10-19(20)21/h8-14,16,21-22H,6-7H2,1-4H3,(H,25,26,27)/t14-,21-,22-/m1/s1. The van der Waals surface area contributed by atoms with E-state index in [0.29, 0.717) is 23.5 Å². The molecule has 0 bridgehead atoms. The van der Waals surface area contributed by atoms with Gasteiger partial charge in [-0.15, -0.1) is 0 Å². The van der Waals surface area contributed by atoms with Crippen molar-refractivity contribution in [2.45, 2.75) is 58.5 Å². The number of amides is 1. The van der Waals surface area contributed by atoms with Gasteiger partial charge in [0.05, 0.1) is 12.6 Å². The zero-order chi connectivity index (χ0) is 20.7. The Morgan fingerprint density at radius 2 is 1.97 bits per heavy atom. The second-order valence-electron chi connectivity index (χ2n) is 8.55. The number of hydrogen-bond acceptors (Lipinski definition) is 4. The number of aromatic nitrogens is 2. The summed E-state index contributed by atoms with van der Waals surface area (Å²) in [5, 5.41) is 3.51. The van der Waals surface area contributed by atoms with E-state index in [9.17, 15) is 4.79 Å². The Balaban J connectivity index is 1.76. The SMILES string of the molecule is [C-]#[N+]c1ccc2c(c1)[C@H](Nc1ncc(C(C)C)cn1)[C@@H](C)[C@H](C1CC1)N2C(C)=O. The van der Waals surface area contributed by atoms with Crippen molar-refractivity contribution in [1.82, 2.24) is 9.97 Å². The Kier molecular flexibility index (Phi) is 4.99. The van der Waals surface area contributed by atoms with Gasteiger partial charge in [-0.2, -0.15) is 0 Å². The van der Waals surface area contributed by atoms with Crippen LogP contribution in [0.25, 0.3) is 4.85 Å². The molecule has 0 spiro atoms. The Hall–Kier alpha value is -2.94. The minimum Gasteiger partial charge on any atom is -0.347 e. The normalized spacial score (nSPS) is 23.4. The number of anilines is 2. The molecule has 1 aliphatic carbocycles. The lowest BCUT2D eigenvalue weighted by molar-refractivity contribution is -0.117. The van der Waals surface area contributed by atoms with Crippen molar-refractivity contribution >= 4 is 23.2 Å². The predicted octanol–water partition coefficient (Wildman–Crippen LogP) is 5.09. The molecule has 1 aromatic carbocycles. The third-order valence-electron chi connectivity index (χ3n) is 6.16. The molecule has 2 heterocycles. The molecular weight excluding hydrogens is 362 g/mol. The van der Waals surface area contributed by atoms with Crippen LogP contribution in [0.1, 0.15) is 63.6 Å². The van der Waals surface area contributed by atoms with Crippen LogP contribution in [0.5, 0.6) is 0 Å². The van der Waals surface area contributed by atoms with E-state index in [0.717, 1.165) is 29.7 Å². The van der Waals surface area contributed by atoms with Gasteiger partial charge in [-0.1, -0.05) is 26.8 Å². The van der Waals surface area contributed by atoms with Crippen LogP contribution >= 0.6 is 0 Å². The maximum Gasteiger partial charge on any atom is 0.224 e. The lowest BCUT2D eigenvalue weighted by Gasteiger charge is -2.45. The van der Waals surface area contributed by atoms with E-state index in [4.69, 9.17) is 6.57 Å². The predicted molar refractivity (Wildman–Crippen MR) is 114 cm³/mol. The van der Waals surface area contributed by atoms with E-state index in [1.54, 1.807) is 13.0 Å². The van der Waals surface area contributed by atoms with E-state index in [1.165, 1.54) is 0 Å². The van der Waals surface area contributed by atoms with Crippen LogP contribution < -0.4 is 10.2 Å². The second kappa shape index (κ2) is 7.47. The monoisotopic (exact) mass is 389 g/mol. The minimum atomic E-state index is -0.0576. The van der Waals surface area contributed by atoms with Crippen LogP contribution in [0.3, 0.4) is 0 Å². The number of fused-ring (bicyclic) bond motifs is 1. The van der Waals surface area contributed by atoms with E-state index in [-0.39, 0.29) is 23.9 Å². The molecule has 4 rings (SSSR count). The number of benzene rings is 1. The lowest BCUT2D eigenvalue weighted by Crippen LogP contribution is -2.51. The number of nitrogens with zero attached hydrogens (tertiary/aromatic N) is 4. The van der Waals surface area contributed by atoms with Gasteiger partial charge in [0.25, 0.3) is 0 Å². The number of rotatable bonds is 4. The van der Waals surface area contributed by atoms with Crippen LogP contribution in [0, 0.1) is 18.4 Å².